The van der Waals surface area contributed by atoms with Crippen LogP contribution in [-0.4, -0.2) is 67.2 Å². The number of ether oxygens (including phenoxy) is 2. The van der Waals surface area contributed by atoms with Crippen LogP contribution in [0.5, 0.6) is 0 Å². The first-order valence-electron chi connectivity index (χ1n) is 9.05. The second-order valence-corrected chi connectivity index (χ2v) is 7.02. The van der Waals surface area contributed by atoms with E-state index < -0.39 is 24.0 Å². The van der Waals surface area contributed by atoms with E-state index in [1.807, 2.05) is 0 Å². The van der Waals surface area contributed by atoms with Gasteiger partial charge in [0, 0.05) is 12.6 Å². The molecule has 1 amide bonds. The molecule has 1 atom stereocenters. The van der Waals surface area contributed by atoms with Crippen molar-refractivity contribution < 1.29 is 23.5 Å². The molecule has 1 aliphatic heterocycles. The van der Waals surface area contributed by atoms with Gasteiger partial charge in [0.05, 0.1) is 32.4 Å². The van der Waals surface area contributed by atoms with Crippen LogP contribution in [0.3, 0.4) is 0 Å². The van der Waals surface area contributed by atoms with Gasteiger partial charge in [-0.15, -0.1) is 23.0 Å². The van der Waals surface area contributed by atoms with Crippen LogP contribution in [0.4, 0.5) is 14.9 Å². The van der Waals surface area contributed by atoms with Crippen molar-refractivity contribution in [3.8, 4) is 23.4 Å². The lowest BCUT2D eigenvalue weighted by Gasteiger charge is -2.16. The molecule has 10 nitrogen and oxygen atoms in total. The molecule has 1 saturated heterocycles. The first-order valence-corrected chi connectivity index (χ1v) is 9.87. The molecule has 12 heteroatoms. The minimum atomic E-state index is -0.605. The van der Waals surface area contributed by atoms with Crippen molar-refractivity contribution in [3.05, 3.63) is 29.0 Å². The van der Waals surface area contributed by atoms with E-state index in [1.165, 1.54) is 17.0 Å². The summed E-state index contributed by atoms with van der Waals surface area (Å²) in [5, 5.41) is 16.9. The van der Waals surface area contributed by atoms with E-state index in [0.717, 1.165) is 11.3 Å². The number of rotatable bonds is 7. The molecule has 1 aromatic heterocycles. The fourth-order valence-corrected chi connectivity index (χ4v) is 3.53. The molecular formula is C19H21FN6O4S. The average Bonchev–Trinajstić information content (AvgIpc) is 3.37. The van der Waals surface area contributed by atoms with E-state index in [-0.39, 0.29) is 28.7 Å². The Bertz CT molecular complexity index is 979. The zero-order valence-corrected chi connectivity index (χ0v) is 18.0. The van der Waals surface area contributed by atoms with Crippen LogP contribution in [0.2, 0.25) is 0 Å². The van der Waals surface area contributed by atoms with Crippen molar-refractivity contribution in [1.29, 1.82) is 0 Å². The second kappa shape index (κ2) is 11.0. The summed E-state index contributed by atoms with van der Waals surface area (Å²) in [7, 11) is 3.26. The lowest BCUT2D eigenvalue weighted by molar-refractivity contribution is 0.0525. The SMILES string of the molecule is C#C.CCOC(=O)c1nnc(-c2ccc(N3CC(CN(C)N=NC)OC3=O)cc2F)s1. The number of terminal acetylenes is 1. The number of amides is 1. The molecule has 164 valence electrons. The number of carbonyl (C=O) groups is 2. The minimum Gasteiger partial charge on any atom is -0.461 e. The van der Waals surface area contributed by atoms with Gasteiger partial charge in [0.2, 0.25) is 5.01 Å². The van der Waals surface area contributed by atoms with Crippen molar-refractivity contribution in [3.63, 3.8) is 0 Å². The smallest absolute Gasteiger partial charge is 0.414 e. The number of anilines is 1. The number of esters is 1. The molecule has 0 saturated carbocycles. The van der Waals surface area contributed by atoms with Gasteiger partial charge in [0.15, 0.2) is 5.01 Å². The molecule has 3 rings (SSSR count). The van der Waals surface area contributed by atoms with Crippen molar-refractivity contribution in [2.24, 2.45) is 10.3 Å². The van der Waals surface area contributed by atoms with E-state index in [9.17, 15) is 14.0 Å². The van der Waals surface area contributed by atoms with Crippen molar-refractivity contribution >= 4 is 29.1 Å². The van der Waals surface area contributed by atoms with Crippen molar-refractivity contribution in [2.45, 2.75) is 13.0 Å². The molecular weight excluding hydrogens is 427 g/mol. The third-order valence-corrected chi connectivity index (χ3v) is 4.89. The van der Waals surface area contributed by atoms with Gasteiger partial charge >= 0.3 is 12.1 Å². The highest BCUT2D eigenvalue weighted by Crippen LogP contribution is 2.31. The van der Waals surface area contributed by atoms with E-state index in [4.69, 9.17) is 9.47 Å². The Morgan fingerprint density at radius 3 is 2.84 bits per heavy atom. The fraction of sp³-hybridized carbons (Fsp3) is 0.368. The summed E-state index contributed by atoms with van der Waals surface area (Å²) in [5.74, 6) is -1.20. The number of cyclic esters (lactones) is 1. The summed E-state index contributed by atoms with van der Waals surface area (Å²) in [6.45, 7) is 2.51. The molecule has 0 spiro atoms. The molecule has 0 radical (unpaired) electrons. The Kier molecular flexibility index (Phi) is 8.39. The number of halogens is 1. The Hall–Kier alpha value is -3.59. The van der Waals surface area contributed by atoms with Gasteiger partial charge in [-0.1, -0.05) is 16.6 Å². The zero-order chi connectivity index (χ0) is 23.0. The Morgan fingerprint density at radius 2 is 2.19 bits per heavy atom. The largest absolute Gasteiger partial charge is 0.461 e. The number of carbonyl (C=O) groups excluding carboxylic acids is 2. The van der Waals surface area contributed by atoms with E-state index in [0.29, 0.717) is 12.2 Å². The molecule has 0 bridgehead atoms. The Labute approximate surface area is 182 Å². The average molecular weight is 448 g/mol. The summed E-state index contributed by atoms with van der Waals surface area (Å²) >= 11 is 0.932. The molecule has 0 aliphatic carbocycles. The van der Waals surface area contributed by atoms with Gasteiger partial charge in [0.1, 0.15) is 11.9 Å². The molecule has 1 aromatic carbocycles. The van der Waals surface area contributed by atoms with Crippen molar-refractivity contribution in [1.82, 2.24) is 15.2 Å². The van der Waals surface area contributed by atoms with Crippen LogP contribution >= 0.6 is 11.3 Å². The standard InChI is InChI=1S/C17H19FN6O4S.C2H2/c1-4-27-16(25)15-21-20-14(29-15)12-6-5-10(7-13(12)18)24-9-11(28-17(24)26)8-23(3)22-19-2;1-2/h5-7,11H,4,8-9H2,1-3H3;1-2H. The van der Waals surface area contributed by atoms with Crippen LogP contribution in [0, 0.1) is 18.7 Å². The molecule has 1 unspecified atom stereocenters. The molecule has 0 N–H and O–H groups in total. The number of benzene rings is 1. The normalized spacial score (nSPS) is 15.4. The van der Waals surface area contributed by atoms with Crippen LogP contribution in [-0.2, 0) is 9.47 Å². The molecule has 31 heavy (non-hydrogen) atoms. The predicted octanol–water partition coefficient (Wildman–Crippen LogP) is 3.02. The first-order chi connectivity index (χ1) is 14.9. The second-order valence-electron chi connectivity index (χ2n) is 6.04. The quantitative estimate of drug-likeness (QED) is 0.277. The highest BCUT2D eigenvalue weighted by Gasteiger charge is 2.33. The van der Waals surface area contributed by atoms with E-state index in [1.54, 1.807) is 32.1 Å². The summed E-state index contributed by atoms with van der Waals surface area (Å²) in [6.07, 6.45) is 7.01. The van der Waals surface area contributed by atoms with Gasteiger partial charge in [-0.25, -0.2) is 14.0 Å². The molecule has 1 aliphatic rings. The third kappa shape index (κ3) is 5.73. The van der Waals surface area contributed by atoms with Crippen LogP contribution in [0.1, 0.15) is 16.7 Å². The fourth-order valence-electron chi connectivity index (χ4n) is 2.76. The number of likely N-dealkylation sites (N-methyl/N-ethyl adjacent to an activating group) is 1. The molecule has 1 fully saturated rings. The van der Waals surface area contributed by atoms with Gasteiger partial charge in [0.25, 0.3) is 0 Å². The number of aromatic nitrogens is 2. The van der Waals surface area contributed by atoms with Crippen LogP contribution < -0.4 is 4.90 Å². The third-order valence-electron chi connectivity index (χ3n) is 3.95. The lowest BCUT2D eigenvalue weighted by atomic mass is 10.2. The zero-order valence-electron chi connectivity index (χ0n) is 17.2. The van der Waals surface area contributed by atoms with E-state index >= 15 is 0 Å². The Balaban J connectivity index is 0.00000166. The van der Waals surface area contributed by atoms with Gasteiger partial charge < -0.3 is 9.47 Å². The number of hydrogen-bond donors (Lipinski definition) is 0. The maximum atomic E-state index is 14.7. The van der Waals surface area contributed by atoms with Gasteiger partial charge in [-0.05, 0) is 25.1 Å². The Morgan fingerprint density at radius 1 is 1.45 bits per heavy atom. The van der Waals surface area contributed by atoms with Crippen LogP contribution in [0.15, 0.2) is 28.5 Å². The lowest BCUT2D eigenvalue weighted by Crippen LogP contribution is -2.29. The maximum absolute atomic E-state index is 14.7. The maximum Gasteiger partial charge on any atom is 0.414 e. The minimum absolute atomic E-state index is 0.0460. The molecule has 2 aromatic rings. The van der Waals surface area contributed by atoms with Gasteiger partial charge in [-0.2, -0.15) is 5.11 Å². The number of nitrogens with zero attached hydrogens (tertiary/aromatic N) is 6. The summed E-state index contributed by atoms with van der Waals surface area (Å²) in [5.41, 5.74) is 0.530. The highest BCUT2D eigenvalue weighted by molar-refractivity contribution is 7.16. The number of hydrogen-bond acceptors (Lipinski definition) is 9. The van der Waals surface area contributed by atoms with E-state index in [2.05, 4.69) is 33.4 Å². The molecule has 2 heterocycles. The summed E-state index contributed by atoms with van der Waals surface area (Å²) in [6, 6.07) is 4.29. The van der Waals surface area contributed by atoms with Crippen LogP contribution in [0.25, 0.3) is 10.6 Å². The summed E-state index contributed by atoms with van der Waals surface area (Å²) in [4.78, 5) is 25.2. The predicted molar refractivity (Wildman–Crippen MR) is 112 cm³/mol. The van der Waals surface area contributed by atoms with Gasteiger partial charge in [-0.3, -0.25) is 9.91 Å². The summed E-state index contributed by atoms with van der Waals surface area (Å²) < 4.78 is 24.9. The van der Waals surface area contributed by atoms with Crippen molar-refractivity contribution in [2.75, 3.05) is 38.7 Å². The topological polar surface area (TPSA) is 110 Å². The highest BCUT2D eigenvalue weighted by atomic mass is 32.1. The monoisotopic (exact) mass is 448 g/mol. The first kappa shape index (κ1) is 23.7.